The summed E-state index contributed by atoms with van der Waals surface area (Å²) in [5.41, 5.74) is 0. The number of likely N-dealkylation sites (N-methyl/N-ethyl adjacent to an activating group) is 1. The Bertz CT molecular complexity index is 161. The number of hydrogen-bond acceptors (Lipinski definition) is 3. The number of piperazine rings is 1. The van der Waals surface area contributed by atoms with E-state index in [1.165, 1.54) is 0 Å². The molecule has 1 unspecified atom stereocenters. The van der Waals surface area contributed by atoms with E-state index in [1.807, 2.05) is 14.0 Å². The highest BCUT2D eigenvalue weighted by molar-refractivity contribution is 5.76. The van der Waals surface area contributed by atoms with Gasteiger partial charge in [-0.2, -0.15) is 0 Å². The van der Waals surface area contributed by atoms with Gasteiger partial charge in [0.2, 0.25) is 0 Å². The second-order valence-electron chi connectivity index (χ2n) is 2.94. The highest BCUT2D eigenvalue weighted by Gasteiger charge is 2.25. The molecule has 0 aromatic carbocycles. The molecule has 1 radical (unpaired) electrons. The van der Waals surface area contributed by atoms with Gasteiger partial charge in [0.15, 0.2) is 0 Å². The van der Waals surface area contributed by atoms with Crippen LogP contribution in [0.4, 0.5) is 0 Å². The summed E-state index contributed by atoms with van der Waals surface area (Å²) >= 11 is 0. The number of rotatable bonds is 2. The topological polar surface area (TPSA) is 43.6 Å². The van der Waals surface area contributed by atoms with Gasteiger partial charge in [-0.3, -0.25) is 4.79 Å². The first-order chi connectivity index (χ1) is 5.74. The fourth-order valence-corrected chi connectivity index (χ4v) is 1.22. The van der Waals surface area contributed by atoms with Crippen molar-refractivity contribution in [3.63, 3.8) is 0 Å². The number of hydrogen-bond donors (Lipinski definition) is 0. The van der Waals surface area contributed by atoms with Crippen molar-refractivity contribution in [2.24, 2.45) is 0 Å². The molecule has 0 amide bonds. The van der Waals surface area contributed by atoms with E-state index >= 15 is 0 Å². The summed E-state index contributed by atoms with van der Waals surface area (Å²) in [6, 6.07) is -0.260. The average molecular weight is 171 g/mol. The first-order valence-corrected chi connectivity index (χ1v) is 4.26. The van der Waals surface area contributed by atoms with Crippen LogP contribution in [0.2, 0.25) is 0 Å². The smallest absolute Gasteiger partial charge is 0.326 e. The van der Waals surface area contributed by atoms with Crippen molar-refractivity contribution in [1.29, 1.82) is 0 Å². The van der Waals surface area contributed by atoms with Crippen molar-refractivity contribution >= 4 is 5.97 Å². The Hall–Kier alpha value is -0.610. The zero-order chi connectivity index (χ0) is 8.97. The number of esters is 1. The molecule has 12 heavy (non-hydrogen) atoms. The average Bonchev–Trinajstić information content (AvgIpc) is 2.05. The van der Waals surface area contributed by atoms with E-state index < -0.39 is 0 Å². The van der Waals surface area contributed by atoms with Crippen molar-refractivity contribution in [2.45, 2.75) is 13.0 Å². The summed E-state index contributed by atoms with van der Waals surface area (Å²) in [6.45, 7) is 4.62. The molecule has 1 atom stereocenters. The van der Waals surface area contributed by atoms with Crippen LogP contribution in [-0.2, 0) is 9.53 Å². The van der Waals surface area contributed by atoms with Gasteiger partial charge in [-0.15, -0.1) is 0 Å². The van der Waals surface area contributed by atoms with Gasteiger partial charge in [-0.05, 0) is 14.0 Å². The molecular formula is C8H15N2O2. The van der Waals surface area contributed by atoms with Crippen molar-refractivity contribution in [2.75, 3.05) is 33.3 Å². The van der Waals surface area contributed by atoms with E-state index in [-0.39, 0.29) is 12.0 Å². The standard InChI is InChI=1S/C8H15N2O2/c1-3-12-8(11)7-6-10(2)5-4-9-7/h7H,3-6H2,1-2H3. The second-order valence-corrected chi connectivity index (χ2v) is 2.94. The van der Waals surface area contributed by atoms with E-state index in [4.69, 9.17) is 4.74 Å². The first kappa shape index (κ1) is 9.48. The highest BCUT2D eigenvalue weighted by atomic mass is 16.5. The number of nitrogens with zero attached hydrogens (tertiary/aromatic N) is 2. The zero-order valence-electron chi connectivity index (χ0n) is 7.62. The minimum atomic E-state index is -0.260. The third kappa shape index (κ3) is 2.46. The van der Waals surface area contributed by atoms with E-state index in [9.17, 15) is 4.79 Å². The summed E-state index contributed by atoms with van der Waals surface area (Å²) in [5, 5.41) is 4.18. The molecule has 4 nitrogen and oxygen atoms in total. The Morgan fingerprint density at radius 1 is 1.75 bits per heavy atom. The van der Waals surface area contributed by atoms with Crippen LogP contribution in [0.3, 0.4) is 0 Å². The molecule has 1 aliphatic heterocycles. The Labute approximate surface area is 72.9 Å². The van der Waals surface area contributed by atoms with Crippen molar-refractivity contribution in [3.05, 3.63) is 0 Å². The van der Waals surface area contributed by atoms with Gasteiger partial charge < -0.3 is 9.64 Å². The lowest BCUT2D eigenvalue weighted by Gasteiger charge is -2.27. The van der Waals surface area contributed by atoms with Crippen LogP contribution in [0.15, 0.2) is 0 Å². The minimum absolute atomic E-state index is 0.191. The summed E-state index contributed by atoms with van der Waals surface area (Å²) < 4.78 is 4.87. The summed E-state index contributed by atoms with van der Waals surface area (Å²) in [4.78, 5) is 13.3. The van der Waals surface area contributed by atoms with Gasteiger partial charge in [0.05, 0.1) is 6.61 Å². The van der Waals surface area contributed by atoms with Crippen LogP contribution in [0.1, 0.15) is 6.92 Å². The normalized spacial score (nSPS) is 25.3. The zero-order valence-corrected chi connectivity index (χ0v) is 7.62. The van der Waals surface area contributed by atoms with Gasteiger partial charge in [-0.1, -0.05) is 0 Å². The van der Waals surface area contributed by atoms with Crippen molar-refractivity contribution in [3.8, 4) is 0 Å². The number of carbonyl (C=O) groups is 1. The molecule has 69 valence electrons. The Morgan fingerprint density at radius 2 is 2.50 bits per heavy atom. The fraction of sp³-hybridized carbons (Fsp3) is 0.875. The van der Waals surface area contributed by atoms with Crippen LogP contribution >= 0.6 is 0 Å². The van der Waals surface area contributed by atoms with E-state index in [0.717, 1.165) is 13.1 Å². The van der Waals surface area contributed by atoms with Crippen LogP contribution in [-0.4, -0.2) is 50.2 Å². The predicted molar refractivity (Wildman–Crippen MR) is 44.9 cm³/mol. The molecule has 0 N–H and O–H groups in total. The van der Waals surface area contributed by atoms with E-state index in [0.29, 0.717) is 13.2 Å². The lowest BCUT2D eigenvalue weighted by atomic mass is 10.2. The van der Waals surface area contributed by atoms with Gasteiger partial charge >= 0.3 is 5.97 Å². The van der Waals surface area contributed by atoms with Crippen LogP contribution < -0.4 is 5.32 Å². The minimum Gasteiger partial charge on any atom is -0.465 e. The molecule has 4 heteroatoms. The quantitative estimate of drug-likeness (QED) is 0.524. The molecule has 0 aliphatic carbocycles. The van der Waals surface area contributed by atoms with Gasteiger partial charge in [0, 0.05) is 19.6 Å². The molecule has 1 rings (SSSR count). The maximum Gasteiger partial charge on any atom is 0.326 e. The van der Waals surface area contributed by atoms with Crippen molar-refractivity contribution in [1.82, 2.24) is 10.2 Å². The summed E-state index contributed by atoms with van der Waals surface area (Å²) in [7, 11) is 1.99. The molecule has 1 saturated heterocycles. The Kier molecular flexibility index (Phi) is 3.49. The molecule has 0 aromatic rings. The van der Waals surface area contributed by atoms with E-state index in [1.54, 1.807) is 0 Å². The van der Waals surface area contributed by atoms with Crippen molar-refractivity contribution < 1.29 is 9.53 Å². The fourth-order valence-electron chi connectivity index (χ4n) is 1.22. The van der Waals surface area contributed by atoms with Gasteiger partial charge in [0.1, 0.15) is 6.04 Å². The van der Waals surface area contributed by atoms with Crippen LogP contribution in [0.25, 0.3) is 0 Å². The molecule has 0 aromatic heterocycles. The number of carbonyl (C=O) groups excluding carboxylic acids is 1. The molecule has 1 heterocycles. The van der Waals surface area contributed by atoms with Crippen LogP contribution in [0.5, 0.6) is 0 Å². The lowest BCUT2D eigenvalue weighted by molar-refractivity contribution is -0.146. The molecule has 0 bridgehead atoms. The Balaban J connectivity index is 2.35. The highest BCUT2D eigenvalue weighted by Crippen LogP contribution is 1.99. The SMILES string of the molecule is CCOC(=O)C1CN(C)CC[N]1. The Morgan fingerprint density at radius 3 is 3.08 bits per heavy atom. The molecule has 0 saturated carbocycles. The first-order valence-electron chi connectivity index (χ1n) is 4.26. The monoisotopic (exact) mass is 171 g/mol. The second kappa shape index (κ2) is 4.42. The largest absolute Gasteiger partial charge is 0.465 e. The van der Waals surface area contributed by atoms with Crippen LogP contribution in [0, 0.1) is 0 Å². The number of ether oxygens (including phenoxy) is 1. The summed E-state index contributed by atoms with van der Waals surface area (Å²) in [6.07, 6.45) is 0. The summed E-state index contributed by atoms with van der Waals surface area (Å²) in [5.74, 6) is -0.191. The van der Waals surface area contributed by atoms with Gasteiger partial charge in [0.25, 0.3) is 0 Å². The maximum absolute atomic E-state index is 11.2. The molecule has 0 spiro atoms. The maximum atomic E-state index is 11.2. The van der Waals surface area contributed by atoms with E-state index in [2.05, 4.69) is 10.2 Å². The third-order valence-corrected chi connectivity index (χ3v) is 1.87. The predicted octanol–water partition coefficient (Wildman–Crippen LogP) is -0.532. The molecule has 1 fully saturated rings. The molecule has 1 aliphatic rings. The molecular weight excluding hydrogens is 156 g/mol. The lowest BCUT2D eigenvalue weighted by Crippen LogP contribution is -2.49. The third-order valence-electron chi connectivity index (χ3n) is 1.87. The van der Waals surface area contributed by atoms with Gasteiger partial charge in [-0.25, -0.2) is 5.32 Å².